The third-order valence-corrected chi connectivity index (χ3v) is 3.53. The smallest absolute Gasteiger partial charge is 0.250 e. The molecule has 0 radical (unpaired) electrons. The van der Waals surface area contributed by atoms with Crippen molar-refractivity contribution >= 4 is 46.6 Å². The van der Waals surface area contributed by atoms with Crippen molar-refractivity contribution in [2.45, 2.75) is 6.92 Å². The van der Waals surface area contributed by atoms with Crippen molar-refractivity contribution in [3.05, 3.63) is 64.9 Å². The second-order valence-corrected chi connectivity index (χ2v) is 5.72. The predicted octanol–water partition coefficient (Wildman–Crippen LogP) is 4.40. The van der Waals surface area contributed by atoms with Crippen LogP contribution in [0.25, 0.3) is 6.08 Å². The summed E-state index contributed by atoms with van der Waals surface area (Å²) in [5.74, 6) is -0.146. The van der Waals surface area contributed by atoms with Crippen LogP contribution in [0.3, 0.4) is 0 Å². The van der Waals surface area contributed by atoms with Crippen LogP contribution in [-0.2, 0) is 4.79 Å². The number of amides is 1. The van der Waals surface area contributed by atoms with E-state index in [2.05, 4.69) is 10.6 Å². The van der Waals surface area contributed by atoms with Crippen LogP contribution >= 0.6 is 23.8 Å². The zero-order valence-corrected chi connectivity index (χ0v) is 15.0. The van der Waals surface area contributed by atoms with Crippen molar-refractivity contribution in [2.24, 2.45) is 0 Å². The Morgan fingerprint density at radius 2 is 2.00 bits per heavy atom. The van der Waals surface area contributed by atoms with Crippen LogP contribution in [0, 0.1) is 5.82 Å². The summed E-state index contributed by atoms with van der Waals surface area (Å²) in [4.78, 5) is 11.9. The third kappa shape index (κ3) is 6.17. The molecule has 0 aliphatic heterocycles. The molecular formula is C18H16ClFN2O2S. The average molecular weight is 379 g/mol. The van der Waals surface area contributed by atoms with Crippen LogP contribution in [0.5, 0.6) is 5.75 Å². The van der Waals surface area contributed by atoms with Crippen molar-refractivity contribution in [3.63, 3.8) is 0 Å². The predicted molar refractivity (Wildman–Crippen MR) is 102 cm³/mol. The van der Waals surface area contributed by atoms with Crippen LogP contribution in [0.1, 0.15) is 12.5 Å². The van der Waals surface area contributed by atoms with Gasteiger partial charge >= 0.3 is 0 Å². The van der Waals surface area contributed by atoms with E-state index in [4.69, 9.17) is 28.6 Å². The SMILES string of the molecule is CCOc1ccc(/C=C/C(=O)NC(=S)Nc2ccc(F)c(Cl)c2)cc1. The van der Waals surface area contributed by atoms with E-state index < -0.39 is 5.82 Å². The minimum atomic E-state index is -0.527. The fourth-order valence-electron chi connectivity index (χ4n) is 1.90. The molecule has 0 saturated carbocycles. The summed E-state index contributed by atoms with van der Waals surface area (Å²) in [5, 5.41) is 5.31. The molecule has 2 N–H and O–H groups in total. The topological polar surface area (TPSA) is 50.4 Å². The van der Waals surface area contributed by atoms with Crippen molar-refractivity contribution in [2.75, 3.05) is 11.9 Å². The Kier molecular flexibility index (Phi) is 6.91. The standard InChI is InChI=1S/C18H16ClFN2O2S/c1-2-24-14-7-3-12(4-8-14)5-10-17(23)22-18(25)21-13-6-9-16(20)15(19)11-13/h3-11H,2H2,1H3,(H2,21,22,23,25)/b10-5+. The van der Waals surface area contributed by atoms with E-state index in [1.807, 2.05) is 31.2 Å². The van der Waals surface area contributed by atoms with Crippen molar-refractivity contribution in [1.82, 2.24) is 5.32 Å². The second kappa shape index (κ2) is 9.15. The first-order valence-corrected chi connectivity index (χ1v) is 8.24. The number of hydrogen-bond acceptors (Lipinski definition) is 3. The van der Waals surface area contributed by atoms with Crippen molar-refractivity contribution < 1.29 is 13.9 Å². The van der Waals surface area contributed by atoms with E-state index in [1.165, 1.54) is 24.3 Å². The van der Waals surface area contributed by atoms with Gasteiger partial charge in [0, 0.05) is 11.8 Å². The molecule has 0 aliphatic carbocycles. The highest BCUT2D eigenvalue weighted by molar-refractivity contribution is 7.80. The lowest BCUT2D eigenvalue weighted by molar-refractivity contribution is -0.115. The Morgan fingerprint density at radius 1 is 1.28 bits per heavy atom. The highest BCUT2D eigenvalue weighted by Gasteiger charge is 2.04. The number of carbonyl (C=O) groups is 1. The molecule has 0 saturated heterocycles. The van der Waals surface area contributed by atoms with Crippen LogP contribution < -0.4 is 15.4 Å². The van der Waals surface area contributed by atoms with E-state index in [1.54, 1.807) is 6.08 Å². The lowest BCUT2D eigenvalue weighted by atomic mass is 10.2. The molecular weight excluding hydrogens is 363 g/mol. The third-order valence-electron chi connectivity index (χ3n) is 3.03. The van der Waals surface area contributed by atoms with Crippen LogP contribution in [0.2, 0.25) is 5.02 Å². The van der Waals surface area contributed by atoms with Gasteiger partial charge in [0.25, 0.3) is 0 Å². The lowest BCUT2D eigenvalue weighted by Crippen LogP contribution is -2.32. The lowest BCUT2D eigenvalue weighted by Gasteiger charge is -2.08. The molecule has 0 atom stereocenters. The average Bonchev–Trinajstić information content (AvgIpc) is 2.58. The van der Waals surface area contributed by atoms with E-state index >= 15 is 0 Å². The zero-order chi connectivity index (χ0) is 18.2. The van der Waals surface area contributed by atoms with Crippen LogP contribution in [-0.4, -0.2) is 17.6 Å². The maximum atomic E-state index is 13.1. The van der Waals surface area contributed by atoms with Crippen LogP contribution in [0.4, 0.5) is 10.1 Å². The van der Waals surface area contributed by atoms with Crippen molar-refractivity contribution in [3.8, 4) is 5.75 Å². The molecule has 0 spiro atoms. The van der Waals surface area contributed by atoms with E-state index in [0.29, 0.717) is 12.3 Å². The monoisotopic (exact) mass is 378 g/mol. The Morgan fingerprint density at radius 3 is 2.64 bits per heavy atom. The van der Waals surface area contributed by atoms with Gasteiger partial charge in [-0.2, -0.15) is 0 Å². The van der Waals surface area contributed by atoms with E-state index in [-0.39, 0.29) is 16.0 Å². The molecule has 1 amide bonds. The second-order valence-electron chi connectivity index (χ2n) is 4.91. The molecule has 0 aliphatic rings. The number of thiocarbonyl (C=S) groups is 1. The van der Waals surface area contributed by atoms with Gasteiger partial charge in [-0.15, -0.1) is 0 Å². The minimum absolute atomic E-state index is 0.0329. The maximum Gasteiger partial charge on any atom is 0.250 e. The minimum Gasteiger partial charge on any atom is -0.494 e. The number of halogens is 2. The number of carbonyl (C=O) groups excluding carboxylic acids is 1. The molecule has 2 aromatic carbocycles. The number of anilines is 1. The first-order valence-electron chi connectivity index (χ1n) is 7.46. The van der Waals surface area contributed by atoms with Gasteiger partial charge in [0.1, 0.15) is 11.6 Å². The number of ether oxygens (including phenoxy) is 1. The number of rotatable bonds is 5. The fraction of sp³-hybridized carbons (Fsp3) is 0.111. The summed E-state index contributed by atoms with van der Waals surface area (Å²) in [6.45, 7) is 2.51. The number of hydrogen-bond donors (Lipinski definition) is 2. The van der Waals surface area contributed by atoms with Gasteiger partial charge in [-0.25, -0.2) is 4.39 Å². The summed E-state index contributed by atoms with van der Waals surface area (Å²) in [5.41, 5.74) is 1.33. The van der Waals surface area contributed by atoms with E-state index in [9.17, 15) is 9.18 Å². The van der Waals surface area contributed by atoms with Gasteiger partial charge in [0.05, 0.1) is 11.6 Å². The highest BCUT2D eigenvalue weighted by atomic mass is 35.5. The van der Waals surface area contributed by atoms with Gasteiger partial charge in [-0.3, -0.25) is 10.1 Å². The summed E-state index contributed by atoms with van der Waals surface area (Å²) in [7, 11) is 0. The summed E-state index contributed by atoms with van der Waals surface area (Å²) in [6, 6.07) is 11.4. The molecule has 0 bridgehead atoms. The fourth-order valence-corrected chi connectivity index (χ4v) is 2.30. The first-order chi connectivity index (χ1) is 12.0. The van der Waals surface area contributed by atoms with Crippen LogP contribution in [0.15, 0.2) is 48.5 Å². The van der Waals surface area contributed by atoms with Gasteiger partial charge in [-0.1, -0.05) is 23.7 Å². The largest absolute Gasteiger partial charge is 0.494 e. The van der Waals surface area contributed by atoms with Crippen molar-refractivity contribution in [1.29, 1.82) is 0 Å². The first kappa shape index (κ1) is 18.9. The Bertz CT molecular complexity index is 794. The summed E-state index contributed by atoms with van der Waals surface area (Å²) in [6.07, 6.45) is 3.02. The van der Waals surface area contributed by atoms with Gasteiger partial charge in [0.15, 0.2) is 5.11 Å². The molecule has 25 heavy (non-hydrogen) atoms. The number of nitrogens with one attached hydrogen (secondary N) is 2. The quantitative estimate of drug-likeness (QED) is 0.598. The Labute approximate surface area is 155 Å². The van der Waals surface area contributed by atoms with Gasteiger partial charge < -0.3 is 10.1 Å². The molecule has 2 aromatic rings. The normalized spacial score (nSPS) is 10.5. The molecule has 0 fully saturated rings. The zero-order valence-electron chi connectivity index (χ0n) is 13.4. The Balaban J connectivity index is 1.88. The molecule has 7 heteroatoms. The molecule has 0 unspecified atom stereocenters. The highest BCUT2D eigenvalue weighted by Crippen LogP contribution is 2.19. The van der Waals surface area contributed by atoms with E-state index in [0.717, 1.165) is 11.3 Å². The molecule has 2 rings (SSSR count). The molecule has 4 nitrogen and oxygen atoms in total. The van der Waals surface area contributed by atoms with Gasteiger partial charge in [-0.05, 0) is 61.1 Å². The summed E-state index contributed by atoms with van der Waals surface area (Å²) < 4.78 is 18.4. The maximum absolute atomic E-state index is 13.1. The molecule has 130 valence electrons. The number of benzene rings is 2. The Hall–Kier alpha value is -2.44. The summed E-state index contributed by atoms with van der Waals surface area (Å²) >= 11 is 10.7. The van der Waals surface area contributed by atoms with Gasteiger partial charge in [0.2, 0.25) is 5.91 Å². The molecule has 0 heterocycles. The molecule has 0 aromatic heterocycles.